The molecule has 5 nitrogen and oxygen atoms in total. The van der Waals surface area contributed by atoms with Gasteiger partial charge in [-0.25, -0.2) is 4.79 Å². The lowest BCUT2D eigenvalue weighted by Gasteiger charge is -2.02. The standard InChI is InChI=1S/C13H18N2O3/c1-4-5-12(16)15-11-8-14-10(9(11)2)6-7-13(17)18-3/h6-8,14H,4-5H2,1-3H3,(H,15,16). The number of hydrogen-bond acceptors (Lipinski definition) is 3. The average molecular weight is 250 g/mol. The van der Waals surface area contributed by atoms with Gasteiger partial charge in [-0.1, -0.05) is 6.92 Å². The van der Waals surface area contributed by atoms with Crippen LogP contribution in [0, 0.1) is 6.92 Å². The second-order valence-corrected chi connectivity index (χ2v) is 3.90. The molecule has 18 heavy (non-hydrogen) atoms. The molecule has 1 aromatic heterocycles. The summed E-state index contributed by atoms with van der Waals surface area (Å²) in [7, 11) is 1.32. The molecule has 98 valence electrons. The first-order valence-corrected chi connectivity index (χ1v) is 5.82. The predicted molar refractivity (Wildman–Crippen MR) is 70.1 cm³/mol. The van der Waals surface area contributed by atoms with Crippen LogP contribution in [0.1, 0.15) is 31.0 Å². The normalized spacial score (nSPS) is 10.6. The van der Waals surface area contributed by atoms with Crippen LogP contribution in [-0.2, 0) is 14.3 Å². The molecule has 1 heterocycles. The van der Waals surface area contributed by atoms with Gasteiger partial charge in [0.05, 0.1) is 12.8 Å². The third kappa shape index (κ3) is 3.76. The first-order chi connectivity index (χ1) is 8.58. The van der Waals surface area contributed by atoms with Crippen molar-refractivity contribution in [2.45, 2.75) is 26.7 Å². The number of aromatic amines is 1. The maximum atomic E-state index is 11.5. The average Bonchev–Trinajstić information content (AvgIpc) is 2.68. The molecule has 2 N–H and O–H groups in total. The zero-order valence-corrected chi connectivity index (χ0v) is 10.9. The Bertz CT molecular complexity index is 461. The number of nitrogens with one attached hydrogen (secondary N) is 2. The van der Waals surface area contributed by atoms with Crippen LogP contribution >= 0.6 is 0 Å². The van der Waals surface area contributed by atoms with Crippen molar-refractivity contribution < 1.29 is 14.3 Å². The summed E-state index contributed by atoms with van der Waals surface area (Å²) in [6.45, 7) is 3.82. The predicted octanol–water partition coefficient (Wildman–Crippen LogP) is 2.25. The molecule has 1 amide bonds. The number of aromatic nitrogens is 1. The van der Waals surface area contributed by atoms with E-state index >= 15 is 0 Å². The quantitative estimate of drug-likeness (QED) is 0.622. The first kappa shape index (κ1) is 14.0. The van der Waals surface area contributed by atoms with Crippen molar-refractivity contribution in [1.29, 1.82) is 0 Å². The number of anilines is 1. The Morgan fingerprint density at radius 3 is 2.83 bits per heavy atom. The Morgan fingerprint density at radius 1 is 1.50 bits per heavy atom. The maximum absolute atomic E-state index is 11.5. The Balaban J connectivity index is 2.75. The summed E-state index contributed by atoms with van der Waals surface area (Å²) < 4.78 is 4.51. The third-order valence-corrected chi connectivity index (χ3v) is 2.52. The molecule has 0 bridgehead atoms. The molecule has 0 aliphatic rings. The highest BCUT2D eigenvalue weighted by Crippen LogP contribution is 2.19. The van der Waals surface area contributed by atoms with Gasteiger partial charge < -0.3 is 15.0 Å². The second kappa shape index (κ2) is 6.64. The van der Waals surface area contributed by atoms with Crippen molar-refractivity contribution in [3.63, 3.8) is 0 Å². The summed E-state index contributed by atoms with van der Waals surface area (Å²) in [5.74, 6) is -0.427. The molecule has 0 aromatic carbocycles. The van der Waals surface area contributed by atoms with Crippen LogP contribution in [0.15, 0.2) is 12.3 Å². The van der Waals surface area contributed by atoms with E-state index in [0.717, 1.165) is 23.4 Å². The largest absolute Gasteiger partial charge is 0.466 e. The molecule has 1 aromatic rings. The lowest BCUT2D eigenvalue weighted by molar-refractivity contribution is -0.134. The van der Waals surface area contributed by atoms with Crippen molar-refractivity contribution in [3.05, 3.63) is 23.5 Å². The molecule has 1 rings (SSSR count). The lowest BCUT2D eigenvalue weighted by atomic mass is 10.2. The first-order valence-electron chi connectivity index (χ1n) is 5.82. The van der Waals surface area contributed by atoms with Gasteiger partial charge in [0.15, 0.2) is 0 Å². The minimum Gasteiger partial charge on any atom is -0.466 e. The SMILES string of the molecule is CCCC(=O)Nc1c[nH]c(C=CC(=O)OC)c1C. The molecule has 0 aliphatic carbocycles. The number of H-pyrrole nitrogens is 1. The Morgan fingerprint density at radius 2 is 2.22 bits per heavy atom. The molecule has 0 radical (unpaired) electrons. The molecular formula is C13H18N2O3. The highest BCUT2D eigenvalue weighted by Gasteiger charge is 2.08. The molecule has 0 unspecified atom stereocenters. The fraction of sp³-hybridized carbons (Fsp3) is 0.385. The van der Waals surface area contributed by atoms with Gasteiger partial charge in [0.2, 0.25) is 5.91 Å². The van der Waals surface area contributed by atoms with Gasteiger partial charge in [-0.05, 0) is 25.0 Å². The summed E-state index contributed by atoms with van der Waals surface area (Å²) in [4.78, 5) is 25.4. The van der Waals surface area contributed by atoms with E-state index in [2.05, 4.69) is 15.0 Å². The van der Waals surface area contributed by atoms with Crippen molar-refractivity contribution in [2.75, 3.05) is 12.4 Å². The number of esters is 1. The highest BCUT2D eigenvalue weighted by atomic mass is 16.5. The van der Waals surface area contributed by atoms with E-state index in [1.165, 1.54) is 13.2 Å². The highest BCUT2D eigenvalue weighted by molar-refractivity contribution is 5.92. The zero-order chi connectivity index (χ0) is 13.5. The summed E-state index contributed by atoms with van der Waals surface area (Å²) in [6.07, 6.45) is 5.97. The van der Waals surface area contributed by atoms with E-state index in [1.807, 2.05) is 13.8 Å². The molecule has 0 aliphatic heterocycles. The molecule has 0 spiro atoms. The summed E-state index contributed by atoms with van der Waals surface area (Å²) in [6, 6.07) is 0. The van der Waals surface area contributed by atoms with Gasteiger partial charge in [0, 0.05) is 24.4 Å². The molecule has 0 fully saturated rings. The van der Waals surface area contributed by atoms with Crippen molar-refractivity contribution in [3.8, 4) is 0 Å². The number of ether oxygens (including phenoxy) is 1. The fourth-order valence-electron chi connectivity index (χ4n) is 1.47. The van der Waals surface area contributed by atoms with Crippen LogP contribution in [0.25, 0.3) is 6.08 Å². The van der Waals surface area contributed by atoms with Crippen LogP contribution in [0.4, 0.5) is 5.69 Å². The van der Waals surface area contributed by atoms with E-state index in [1.54, 1.807) is 12.3 Å². The third-order valence-electron chi connectivity index (χ3n) is 2.52. The zero-order valence-electron chi connectivity index (χ0n) is 10.9. The number of carbonyl (C=O) groups is 2. The lowest BCUT2D eigenvalue weighted by Crippen LogP contribution is -2.10. The smallest absolute Gasteiger partial charge is 0.330 e. The number of amides is 1. The maximum Gasteiger partial charge on any atom is 0.330 e. The van der Waals surface area contributed by atoms with Gasteiger partial charge in [-0.2, -0.15) is 0 Å². The van der Waals surface area contributed by atoms with Crippen LogP contribution in [-0.4, -0.2) is 24.0 Å². The van der Waals surface area contributed by atoms with Crippen LogP contribution in [0.5, 0.6) is 0 Å². The molecular weight excluding hydrogens is 232 g/mol. The molecule has 5 heteroatoms. The molecule has 0 atom stereocenters. The van der Waals surface area contributed by atoms with Gasteiger partial charge >= 0.3 is 5.97 Å². The van der Waals surface area contributed by atoms with Crippen molar-refractivity contribution in [2.24, 2.45) is 0 Å². The second-order valence-electron chi connectivity index (χ2n) is 3.90. The van der Waals surface area contributed by atoms with E-state index in [0.29, 0.717) is 6.42 Å². The molecule has 0 saturated heterocycles. The number of hydrogen-bond donors (Lipinski definition) is 2. The van der Waals surface area contributed by atoms with E-state index in [9.17, 15) is 9.59 Å². The monoisotopic (exact) mass is 250 g/mol. The van der Waals surface area contributed by atoms with Crippen molar-refractivity contribution in [1.82, 2.24) is 4.98 Å². The molecule has 0 saturated carbocycles. The van der Waals surface area contributed by atoms with E-state index in [-0.39, 0.29) is 5.91 Å². The number of methoxy groups -OCH3 is 1. The summed E-state index contributed by atoms with van der Waals surface area (Å²) in [5, 5.41) is 2.81. The van der Waals surface area contributed by atoms with Crippen LogP contribution in [0.2, 0.25) is 0 Å². The van der Waals surface area contributed by atoms with Gasteiger partial charge in [-0.15, -0.1) is 0 Å². The van der Waals surface area contributed by atoms with E-state index < -0.39 is 5.97 Å². The summed E-state index contributed by atoms with van der Waals surface area (Å²) in [5.41, 5.74) is 2.39. The number of carbonyl (C=O) groups excluding carboxylic acids is 2. The topological polar surface area (TPSA) is 71.2 Å². The Labute approximate surface area is 106 Å². The van der Waals surface area contributed by atoms with Crippen LogP contribution in [0.3, 0.4) is 0 Å². The fourth-order valence-corrected chi connectivity index (χ4v) is 1.47. The minimum absolute atomic E-state index is 0.0110. The Hall–Kier alpha value is -2.04. The minimum atomic E-state index is -0.416. The Kier molecular flexibility index (Phi) is 5.17. The van der Waals surface area contributed by atoms with Gasteiger partial charge in [0.1, 0.15) is 0 Å². The number of rotatable bonds is 5. The van der Waals surface area contributed by atoms with Gasteiger partial charge in [0.25, 0.3) is 0 Å². The van der Waals surface area contributed by atoms with Crippen molar-refractivity contribution >= 4 is 23.6 Å². The van der Waals surface area contributed by atoms with Gasteiger partial charge in [-0.3, -0.25) is 4.79 Å². The van der Waals surface area contributed by atoms with E-state index in [4.69, 9.17) is 0 Å². The summed E-state index contributed by atoms with van der Waals surface area (Å²) >= 11 is 0. The van der Waals surface area contributed by atoms with Crippen LogP contribution < -0.4 is 5.32 Å².